The number of rotatable bonds is 7. The van der Waals surface area contributed by atoms with E-state index in [1.165, 1.54) is 12.1 Å². The molecule has 1 aromatic heterocycles. The van der Waals surface area contributed by atoms with Gasteiger partial charge in [-0.2, -0.15) is 0 Å². The lowest BCUT2D eigenvalue weighted by Gasteiger charge is -2.09. The Bertz CT molecular complexity index is 789. The van der Waals surface area contributed by atoms with Gasteiger partial charge in [0.2, 0.25) is 5.91 Å². The molecule has 7 nitrogen and oxygen atoms in total. The minimum atomic E-state index is -0.537. The minimum Gasteiger partial charge on any atom is -0.336 e. The normalized spacial score (nSPS) is 10.6. The number of nitrogens with one attached hydrogen (secondary N) is 2. The highest BCUT2D eigenvalue weighted by molar-refractivity contribution is 7.99. The molecule has 0 saturated carbocycles. The zero-order valence-corrected chi connectivity index (χ0v) is 15.3. The Labute approximate surface area is 155 Å². The van der Waals surface area contributed by atoms with Crippen LogP contribution in [0.15, 0.2) is 42.1 Å². The molecule has 2 N–H and O–H groups in total. The highest BCUT2D eigenvalue weighted by atomic mass is 32.2. The average Bonchev–Trinajstić information content (AvgIpc) is 2.96. The van der Waals surface area contributed by atoms with Gasteiger partial charge in [0.05, 0.1) is 5.75 Å². The van der Waals surface area contributed by atoms with Crippen molar-refractivity contribution in [3.05, 3.63) is 42.7 Å². The molecule has 1 aromatic carbocycles. The Balaban J connectivity index is 2.07. The van der Waals surface area contributed by atoms with Crippen LogP contribution in [0.1, 0.15) is 13.8 Å². The van der Waals surface area contributed by atoms with E-state index in [0.717, 1.165) is 11.8 Å². The summed E-state index contributed by atoms with van der Waals surface area (Å²) in [6.07, 6.45) is 1.68. The van der Waals surface area contributed by atoms with Crippen molar-refractivity contribution < 1.29 is 14.0 Å². The van der Waals surface area contributed by atoms with Crippen LogP contribution in [0.2, 0.25) is 0 Å². The van der Waals surface area contributed by atoms with E-state index < -0.39 is 11.9 Å². The molecular formula is C17H20FN5O2S. The molecule has 9 heteroatoms. The van der Waals surface area contributed by atoms with Crippen molar-refractivity contribution in [2.24, 2.45) is 0 Å². The molecule has 26 heavy (non-hydrogen) atoms. The van der Waals surface area contributed by atoms with Gasteiger partial charge in [-0.15, -0.1) is 16.8 Å². The van der Waals surface area contributed by atoms with E-state index in [-0.39, 0.29) is 17.6 Å². The van der Waals surface area contributed by atoms with E-state index >= 15 is 0 Å². The topological polar surface area (TPSA) is 88.9 Å². The van der Waals surface area contributed by atoms with Gasteiger partial charge in [0.15, 0.2) is 11.0 Å². The van der Waals surface area contributed by atoms with Gasteiger partial charge < -0.3 is 5.32 Å². The number of aromatic nitrogens is 3. The van der Waals surface area contributed by atoms with Crippen LogP contribution in [-0.2, 0) is 11.3 Å². The van der Waals surface area contributed by atoms with E-state index in [1.54, 1.807) is 36.6 Å². The fourth-order valence-corrected chi connectivity index (χ4v) is 2.84. The molecule has 0 bridgehead atoms. The Hall–Kier alpha value is -2.68. The van der Waals surface area contributed by atoms with Crippen molar-refractivity contribution in [1.82, 2.24) is 25.4 Å². The largest absolute Gasteiger partial charge is 0.336 e. The SMILES string of the molecule is C=CCn1c(SCC(=O)NC(=O)NC(C)C)nnc1-c1ccc(F)cc1. The molecule has 0 fully saturated rings. The average molecular weight is 377 g/mol. The van der Waals surface area contributed by atoms with Crippen molar-refractivity contribution >= 4 is 23.7 Å². The summed E-state index contributed by atoms with van der Waals surface area (Å²) >= 11 is 1.15. The predicted molar refractivity (Wildman–Crippen MR) is 98.1 cm³/mol. The number of carbonyl (C=O) groups is 2. The first-order valence-electron chi connectivity index (χ1n) is 7.94. The summed E-state index contributed by atoms with van der Waals surface area (Å²) in [6.45, 7) is 7.74. The first-order valence-corrected chi connectivity index (χ1v) is 8.92. The van der Waals surface area contributed by atoms with Gasteiger partial charge in [0, 0.05) is 18.2 Å². The standard InChI is InChI=1S/C17H20FN5O2S/c1-4-9-23-15(12-5-7-13(18)8-6-12)21-22-17(23)26-10-14(24)20-16(25)19-11(2)3/h4-8,11H,1,9-10H2,2-3H3,(H2,19,20,24,25). The first kappa shape index (κ1) is 19.6. The number of amides is 3. The van der Waals surface area contributed by atoms with Gasteiger partial charge >= 0.3 is 6.03 Å². The second-order valence-corrected chi connectivity index (χ2v) is 6.62. The van der Waals surface area contributed by atoms with E-state index in [2.05, 4.69) is 27.4 Å². The zero-order valence-electron chi connectivity index (χ0n) is 14.5. The van der Waals surface area contributed by atoms with E-state index in [0.29, 0.717) is 23.1 Å². The smallest absolute Gasteiger partial charge is 0.321 e. The quantitative estimate of drug-likeness (QED) is 0.572. The molecule has 0 unspecified atom stereocenters. The van der Waals surface area contributed by atoms with Crippen LogP contribution in [-0.4, -0.2) is 38.5 Å². The lowest BCUT2D eigenvalue weighted by atomic mass is 10.2. The number of nitrogens with zero attached hydrogens (tertiary/aromatic N) is 3. The molecule has 0 radical (unpaired) electrons. The van der Waals surface area contributed by atoms with Crippen molar-refractivity contribution in [2.75, 3.05) is 5.75 Å². The second kappa shape index (κ2) is 9.14. The number of halogens is 1. The summed E-state index contributed by atoms with van der Waals surface area (Å²) in [4.78, 5) is 23.4. The number of carbonyl (C=O) groups excluding carboxylic acids is 2. The van der Waals surface area contributed by atoms with Gasteiger partial charge in [-0.05, 0) is 38.1 Å². The van der Waals surface area contributed by atoms with Gasteiger partial charge in [-0.1, -0.05) is 17.8 Å². The molecule has 138 valence electrons. The molecule has 0 aliphatic heterocycles. The fourth-order valence-electron chi connectivity index (χ4n) is 2.09. The van der Waals surface area contributed by atoms with Crippen LogP contribution in [0.4, 0.5) is 9.18 Å². The van der Waals surface area contributed by atoms with Crippen LogP contribution in [0, 0.1) is 5.82 Å². The molecule has 0 aliphatic carbocycles. The zero-order chi connectivity index (χ0) is 19.1. The number of urea groups is 1. The maximum absolute atomic E-state index is 13.1. The Morgan fingerprint density at radius 3 is 2.62 bits per heavy atom. The van der Waals surface area contributed by atoms with Crippen LogP contribution in [0.25, 0.3) is 11.4 Å². The van der Waals surface area contributed by atoms with Crippen LogP contribution in [0.3, 0.4) is 0 Å². The predicted octanol–water partition coefficient (Wildman–Crippen LogP) is 2.60. The van der Waals surface area contributed by atoms with Crippen molar-refractivity contribution in [3.63, 3.8) is 0 Å². The molecule has 2 aromatic rings. The third-order valence-corrected chi connectivity index (χ3v) is 4.10. The Morgan fingerprint density at radius 2 is 2.00 bits per heavy atom. The number of allylic oxidation sites excluding steroid dienone is 1. The first-order chi connectivity index (χ1) is 12.4. The summed E-state index contributed by atoms with van der Waals surface area (Å²) in [5.74, 6) is -0.228. The molecule has 0 saturated heterocycles. The molecule has 0 atom stereocenters. The van der Waals surface area contributed by atoms with Crippen LogP contribution >= 0.6 is 11.8 Å². The molecule has 3 amide bonds. The lowest BCUT2D eigenvalue weighted by Crippen LogP contribution is -2.43. The summed E-state index contributed by atoms with van der Waals surface area (Å²) in [5.41, 5.74) is 0.702. The highest BCUT2D eigenvalue weighted by Gasteiger charge is 2.16. The molecule has 1 heterocycles. The van der Waals surface area contributed by atoms with Crippen molar-refractivity contribution in [3.8, 4) is 11.4 Å². The summed E-state index contributed by atoms with van der Waals surface area (Å²) in [6, 6.07) is 5.30. The highest BCUT2D eigenvalue weighted by Crippen LogP contribution is 2.24. The van der Waals surface area contributed by atoms with Crippen LogP contribution in [0.5, 0.6) is 0 Å². The second-order valence-electron chi connectivity index (χ2n) is 5.68. The lowest BCUT2D eigenvalue weighted by molar-refractivity contribution is -0.117. The number of hydrogen-bond donors (Lipinski definition) is 2. The third kappa shape index (κ3) is 5.41. The van der Waals surface area contributed by atoms with Crippen LogP contribution < -0.4 is 10.6 Å². The number of hydrogen-bond acceptors (Lipinski definition) is 5. The van der Waals surface area contributed by atoms with Gasteiger partial charge in [-0.25, -0.2) is 9.18 Å². The third-order valence-electron chi connectivity index (χ3n) is 3.14. The number of benzene rings is 1. The van der Waals surface area contributed by atoms with E-state index in [1.807, 2.05) is 0 Å². The van der Waals surface area contributed by atoms with E-state index in [9.17, 15) is 14.0 Å². The summed E-state index contributed by atoms with van der Waals surface area (Å²) < 4.78 is 14.9. The summed E-state index contributed by atoms with van der Waals surface area (Å²) in [5, 5.41) is 13.5. The molecular weight excluding hydrogens is 357 g/mol. The van der Waals surface area contributed by atoms with Crippen molar-refractivity contribution in [1.29, 1.82) is 0 Å². The molecule has 0 aliphatic rings. The molecule has 2 rings (SSSR count). The maximum atomic E-state index is 13.1. The van der Waals surface area contributed by atoms with E-state index in [4.69, 9.17) is 0 Å². The van der Waals surface area contributed by atoms with Gasteiger partial charge in [0.1, 0.15) is 5.82 Å². The number of thioether (sulfide) groups is 1. The Morgan fingerprint density at radius 1 is 1.31 bits per heavy atom. The van der Waals surface area contributed by atoms with Crippen molar-refractivity contribution in [2.45, 2.75) is 31.6 Å². The maximum Gasteiger partial charge on any atom is 0.321 e. The fraction of sp³-hybridized carbons (Fsp3) is 0.294. The van der Waals surface area contributed by atoms with Gasteiger partial charge in [0.25, 0.3) is 0 Å². The Kier molecular flexibility index (Phi) is 6.90. The van der Waals surface area contributed by atoms with Gasteiger partial charge in [-0.3, -0.25) is 14.7 Å². The monoisotopic (exact) mass is 377 g/mol. The minimum absolute atomic E-state index is 0.00418. The molecule has 0 spiro atoms. The summed E-state index contributed by atoms with van der Waals surface area (Å²) in [7, 11) is 0. The number of imide groups is 1.